The molecule has 8 aromatic rings. The molecule has 0 saturated carbocycles. The van der Waals surface area contributed by atoms with E-state index in [1.807, 2.05) is 12.1 Å². The maximum absolute atomic E-state index is 6.41. The van der Waals surface area contributed by atoms with E-state index in [0.29, 0.717) is 0 Å². The zero-order chi connectivity index (χ0) is 34.1. The summed E-state index contributed by atoms with van der Waals surface area (Å²) in [6.45, 7) is 4.37. The number of hydrogen-bond donors (Lipinski definition) is 0. The monoisotopic (exact) mass is 653 g/mol. The first-order valence-electron chi connectivity index (χ1n) is 17.7. The van der Waals surface area contributed by atoms with Crippen molar-refractivity contribution < 1.29 is 4.42 Å². The standard InChI is InChI=1S/C49H35NO/c1-32(34-14-4-3-5-15-34)24-25-33(2)50(36-26-28-41-40-19-9-13-23-47(40)51-48(41)31-36)35-27-29-46-42(30-35)39-18-8-12-22-45(39)49(46)43-20-10-6-16-37(43)38-17-7-11-21-44(38)49/h3-31H,1-2H3/b32-24+,33-25+. The fraction of sp³-hybridized carbons (Fsp3) is 0.0612. The highest BCUT2D eigenvalue weighted by molar-refractivity contribution is 6.06. The Bertz CT molecular complexity index is 2680. The first kappa shape index (κ1) is 29.5. The van der Waals surface area contributed by atoms with Crippen LogP contribution in [0.2, 0.25) is 0 Å². The fourth-order valence-corrected chi connectivity index (χ4v) is 8.75. The summed E-state index contributed by atoms with van der Waals surface area (Å²) in [5.74, 6) is 0. The second kappa shape index (κ2) is 11.3. The molecule has 0 saturated heterocycles. The number of benzene rings is 7. The Morgan fingerprint density at radius 1 is 0.471 bits per heavy atom. The summed E-state index contributed by atoms with van der Waals surface area (Å²) >= 11 is 0. The minimum Gasteiger partial charge on any atom is -0.456 e. The summed E-state index contributed by atoms with van der Waals surface area (Å²) in [6, 6.07) is 59.5. The molecule has 1 heterocycles. The molecule has 0 unspecified atom stereocenters. The highest BCUT2D eigenvalue weighted by Gasteiger charge is 2.51. The van der Waals surface area contributed by atoms with Crippen LogP contribution in [-0.2, 0) is 5.41 Å². The van der Waals surface area contributed by atoms with Gasteiger partial charge in [0.15, 0.2) is 0 Å². The SMILES string of the molecule is C/C(=C\C=C(/C)N(c1ccc2c(c1)-c1ccccc1C21c2ccccc2-c2ccccc21)c1ccc2c(c1)oc1ccccc12)c1ccccc1. The van der Waals surface area contributed by atoms with Crippen LogP contribution in [0.5, 0.6) is 0 Å². The van der Waals surface area contributed by atoms with Crippen molar-refractivity contribution >= 4 is 38.9 Å². The highest BCUT2D eigenvalue weighted by Crippen LogP contribution is 2.63. The molecule has 0 aliphatic heterocycles. The van der Waals surface area contributed by atoms with Gasteiger partial charge in [-0.2, -0.15) is 0 Å². The predicted octanol–water partition coefficient (Wildman–Crippen LogP) is 13.1. The number of nitrogens with zero attached hydrogens (tertiary/aromatic N) is 1. The number of allylic oxidation sites excluding steroid dienone is 4. The molecule has 1 spiro atoms. The molecule has 51 heavy (non-hydrogen) atoms. The number of furan rings is 1. The van der Waals surface area contributed by atoms with Crippen LogP contribution in [0, 0.1) is 0 Å². The molecule has 2 nitrogen and oxygen atoms in total. The van der Waals surface area contributed by atoms with E-state index in [-0.39, 0.29) is 5.41 Å². The van der Waals surface area contributed by atoms with Crippen LogP contribution in [0.1, 0.15) is 41.7 Å². The minimum atomic E-state index is -0.365. The van der Waals surface area contributed by atoms with Crippen LogP contribution in [0.4, 0.5) is 11.4 Å². The maximum Gasteiger partial charge on any atom is 0.137 e. The third-order valence-corrected chi connectivity index (χ3v) is 11.0. The van der Waals surface area contributed by atoms with E-state index in [1.165, 1.54) is 55.6 Å². The largest absolute Gasteiger partial charge is 0.456 e. The van der Waals surface area contributed by atoms with Gasteiger partial charge in [-0.1, -0.05) is 133 Å². The van der Waals surface area contributed by atoms with Crippen molar-refractivity contribution in [1.29, 1.82) is 0 Å². The van der Waals surface area contributed by atoms with Gasteiger partial charge in [0, 0.05) is 33.9 Å². The molecule has 2 heteroatoms. The van der Waals surface area contributed by atoms with Crippen molar-refractivity contribution in [2.24, 2.45) is 0 Å². The van der Waals surface area contributed by atoms with Gasteiger partial charge < -0.3 is 9.32 Å². The molecule has 0 amide bonds. The van der Waals surface area contributed by atoms with E-state index in [0.717, 1.165) is 39.0 Å². The molecule has 0 bridgehead atoms. The zero-order valence-corrected chi connectivity index (χ0v) is 28.6. The number of hydrogen-bond acceptors (Lipinski definition) is 2. The van der Waals surface area contributed by atoms with Gasteiger partial charge in [-0.3, -0.25) is 0 Å². The van der Waals surface area contributed by atoms with E-state index in [2.05, 4.69) is 183 Å². The Balaban J connectivity index is 1.18. The molecular weight excluding hydrogens is 619 g/mol. The average Bonchev–Trinajstić information content (AvgIpc) is 3.81. The number of para-hydroxylation sites is 1. The van der Waals surface area contributed by atoms with E-state index in [1.54, 1.807) is 0 Å². The van der Waals surface area contributed by atoms with E-state index >= 15 is 0 Å². The molecule has 2 aliphatic rings. The van der Waals surface area contributed by atoms with Gasteiger partial charge in [0.2, 0.25) is 0 Å². The van der Waals surface area contributed by atoms with E-state index < -0.39 is 0 Å². The van der Waals surface area contributed by atoms with Crippen LogP contribution in [0.15, 0.2) is 186 Å². The Labute approximate surface area is 298 Å². The van der Waals surface area contributed by atoms with Gasteiger partial charge in [-0.15, -0.1) is 0 Å². The quantitative estimate of drug-likeness (QED) is 0.172. The Hall–Kier alpha value is -6.38. The third kappa shape index (κ3) is 4.30. The summed E-state index contributed by atoms with van der Waals surface area (Å²) in [5, 5.41) is 2.26. The number of anilines is 2. The summed E-state index contributed by atoms with van der Waals surface area (Å²) in [4.78, 5) is 2.37. The molecular formula is C49H35NO. The summed E-state index contributed by atoms with van der Waals surface area (Å²) in [6.07, 6.45) is 4.46. The smallest absolute Gasteiger partial charge is 0.137 e. The van der Waals surface area contributed by atoms with Crippen LogP contribution >= 0.6 is 0 Å². The van der Waals surface area contributed by atoms with Gasteiger partial charge in [-0.05, 0) is 106 Å². The van der Waals surface area contributed by atoms with Crippen molar-refractivity contribution in [1.82, 2.24) is 0 Å². The molecule has 1 aromatic heterocycles. The lowest BCUT2D eigenvalue weighted by Crippen LogP contribution is -2.25. The first-order valence-corrected chi connectivity index (χ1v) is 17.7. The minimum absolute atomic E-state index is 0.365. The normalized spacial score (nSPS) is 14.1. The Kier molecular flexibility index (Phi) is 6.56. The van der Waals surface area contributed by atoms with Crippen LogP contribution < -0.4 is 4.90 Å². The van der Waals surface area contributed by atoms with Gasteiger partial charge in [0.25, 0.3) is 0 Å². The number of rotatable bonds is 5. The predicted molar refractivity (Wildman–Crippen MR) is 212 cm³/mol. The molecule has 242 valence electrons. The van der Waals surface area contributed by atoms with E-state index in [4.69, 9.17) is 4.42 Å². The molecule has 10 rings (SSSR count). The first-order chi connectivity index (χ1) is 25.1. The summed E-state index contributed by atoms with van der Waals surface area (Å²) in [7, 11) is 0. The van der Waals surface area contributed by atoms with Gasteiger partial charge in [0.05, 0.1) is 5.41 Å². The lowest BCUT2D eigenvalue weighted by molar-refractivity contribution is 0.669. The second-order valence-electron chi connectivity index (χ2n) is 13.8. The molecule has 0 atom stereocenters. The van der Waals surface area contributed by atoms with E-state index in [9.17, 15) is 0 Å². The summed E-state index contributed by atoms with van der Waals surface area (Å²) < 4.78 is 6.41. The van der Waals surface area contributed by atoms with Crippen LogP contribution in [0.3, 0.4) is 0 Å². The maximum atomic E-state index is 6.41. The van der Waals surface area contributed by atoms with Crippen molar-refractivity contribution in [3.8, 4) is 22.3 Å². The highest BCUT2D eigenvalue weighted by atomic mass is 16.3. The molecule has 0 radical (unpaired) electrons. The van der Waals surface area contributed by atoms with Crippen molar-refractivity contribution in [3.05, 3.63) is 209 Å². The molecule has 0 fully saturated rings. The van der Waals surface area contributed by atoms with Crippen molar-refractivity contribution in [3.63, 3.8) is 0 Å². The van der Waals surface area contributed by atoms with Crippen molar-refractivity contribution in [2.45, 2.75) is 19.3 Å². The van der Waals surface area contributed by atoms with Gasteiger partial charge in [0.1, 0.15) is 11.2 Å². The molecule has 7 aromatic carbocycles. The Morgan fingerprint density at radius 3 is 1.71 bits per heavy atom. The zero-order valence-electron chi connectivity index (χ0n) is 28.6. The van der Waals surface area contributed by atoms with Gasteiger partial charge in [-0.25, -0.2) is 0 Å². The lowest BCUT2D eigenvalue weighted by Gasteiger charge is -2.31. The van der Waals surface area contributed by atoms with Crippen LogP contribution in [-0.4, -0.2) is 0 Å². The summed E-state index contributed by atoms with van der Waals surface area (Å²) in [5.41, 5.74) is 17.7. The van der Waals surface area contributed by atoms with Crippen molar-refractivity contribution in [2.75, 3.05) is 4.90 Å². The lowest BCUT2D eigenvalue weighted by atomic mass is 9.70. The van der Waals surface area contributed by atoms with Crippen LogP contribution in [0.25, 0.3) is 49.8 Å². The fourth-order valence-electron chi connectivity index (χ4n) is 8.75. The van der Waals surface area contributed by atoms with Gasteiger partial charge >= 0.3 is 0 Å². The molecule has 0 N–H and O–H groups in total. The Morgan fingerprint density at radius 2 is 1.00 bits per heavy atom. The topological polar surface area (TPSA) is 16.4 Å². The average molecular weight is 654 g/mol. The number of fused-ring (bicyclic) bond motifs is 13. The second-order valence-corrected chi connectivity index (χ2v) is 13.8. The third-order valence-electron chi connectivity index (χ3n) is 11.0. The molecule has 2 aliphatic carbocycles.